The van der Waals surface area contributed by atoms with Gasteiger partial charge in [0.25, 0.3) is 0 Å². The average molecular weight is 330 g/mol. The monoisotopic (exact) mass is 330 g/mol. The molecule has 0 radical (unpaired) electrons. The molecule has 1 aromatic carbocycles. The van der Waals surface area contributed by atoms with Gasteiger partial charge in [-0.25, -0.2) is 9.78 Å². The summed E-state index contributed by atoms with van der Waals surface area (Å²) in [6.07, 6.45) is 4.08. The number of rotatable bonds is 6. The van der Waals surface area contributed by atoms with Gasteiger partial charge in [-0.3, -0.25) is 0 Å². The highest BCUT2D eigenvalue weighted by Crippen LogP contribution is 2.39. The number of carbonyl (C=O) groups excluding carboxylic acids is 1. The Morgan fingerprint density at radius 1 is 1.33 bits per heavy atom. The minimum Gasteiger partial charge on any atom is -0.449 e. The maximum Gasteiger partial charge on any atom is 0.357 e. The van der Waals surface area contributed by atoms with Crippen LogP contribution >= 0.6 is 0 Å². The summed E-state index contributed by atoms with van der Waals surface area (Å²) in [7, 11) is 1.40. The van der Waals surface area contributed by atoms with E-state index in [0.717, 1.165) is 12.0 Å². The zero-order valence-electron chi connectivity index (χ0n) is 13.9. The van der Waals surface area contributed by atoms with Crippen molar-refractivity contribution in [3.05, 3.63) is 54.1 Å². The first kappa shape index (κ1) is 16.7. The number of aliphatic hydroxyl groups excluding tert-OH is 1. The lowest BCUT2D eigenvalue weighted by Gasteiger charge is -2.43. The van der Waals surface area contributed by atoms with Crippen LogP contribution < -0.4 is 0 Å². The molecule has 1 unspecified atom stereocenters. The molecular weight excluding hydrogens is 308 g/mol. The first-order chi connectivity index (χ1) is 11.6. The maximum absolute atomic E-state index is 12.6. The zero-order chi connectivity index (χ0) is 17.2. The molecule has 1 N–H and O–H groups in total. The molecule has 1 aliphatic rings. The van der Waals surface area contributed by atoms with Gasteiger partial charge in [0, 0.05) is 7.11 Å². The Bertz CT molecular complexity index is 694. The molecular formula is C18H22N2O4. The van der Waals surface area contributed by atoms with Crippen LogP contribution in [0.2, 0.25) is 0 Å². The summed E-state index contributed by atoms with van der Waals surface area (Å²) in [5, 5.41) is 10.0. The normalized spacial score (nSPS) is 18.5. The molecule has 0 amide bonds. The number of aliphatic hydroxyl groups is 1. The summed E-state index contributed by atoms with van der Waals surface area (Å²) in [5.41, 5.74) is 0.484. The molecule has 1 fully saturated rings. The fourth-order valence-corrected chi connectivity index (χ4v) is 3.04. The molecule has 6 heteroatoms. The summed E-state index contributed by atoms with van der Waals surface area (Å²) in [6, 6.07) is 9.81. The van der Waals surface area contributed by atoms with Gasteiger partial charge in [0.05, 0.1) is 18.6 Å². The number of hydrogen-bond acceptors (Lipinski definition) is 5. The van der Waals surface area contributed by atoms with Crippen LogP contribution in [-0.4, -0.2) is 39.6 Å². The van der Waals surface area contributed by atoms with Crippen molar-refractivity contribution in [3.63, 3.8) is 0 Å². The summed E-state index contributed by atoms with van der Waals surface area (Å²) in [4.78, 5) is 16.7. The van der Waals surface area contributed by atoms with Crippen molar-refractivity contribution in [2.75, 3.05) is 7.11 Å². The Balaban J connectivity index is 1.81. The third-order valence-electron chi connectivity index (χ3n) is 4.74. The predicted octanol–water partition coefficient (Wildman–Crippen LogP) is 2.54. The molecule has 6 nitrogen and oxygen atoms in total. The lowest BCUT2D eigenvalue weighted by molar-refractivity contribution is -0.228. The number of nitrogens with zero attached hydrogens (tertiary/aromatic N) is 2. The molecule has 1 aliphatic carbocycles. The number of aromatic nitrogens is 2. The van der Waals surface area contributed by atoms with Gasteiger partial charge >= 0.3 is 5.97 Å². The molecule has 1 aromatic heterocycles. The zero-order valence-corrected chi connectivity index (χ0v) is 13.9. The van der Waals surface area contributed by atoms with Gasteiger partial charge in [-0.1, -0.05) is 30.3 Å². The smallest absolute Gasteiger partial charge is 0.357 e. The van der Waals surface area contributed by atoms with Crippen LogP contribution in [0, 0.1) is 0 Å². The fourth-order valence-electron chi connectivity index (χ4n) is 3.04. The molecule has 2 aromatic rings. The quantitative estimate of drug-likeness (QED) is 0.651. The molecule has 0 spiro atoms. The van der Waals surface area contributed by atoms with Gasteiger partial charge in [0.15, 0.2) is 11.9 Å². The average Bonchev–Trinajstić information content (AvgIpc) is 3.07. The van der Waals surface area contributed by atoms with Crippen LogP contribution in [0.5, 0.6) is 0 Å². The van der Waals surface area contributed by atoms with Crippen molar-refractivity contribution in [2.24, 2.45) is 0 Å². The van der Waals surface area contributed by atoms with Gasteiger partial charge in [-0.05, 0) is 31.7 Å². The van der Waals surface area contributed by atoms with E-state index in [1.165, 1.54) is 13.3 Å². The Morgan fingerprint density at radius 2 is 2.04 bits per heavy atom. The highest BCUT2D eigenvalue weighted by Gasteiger charge is 2.48. The van der Waals surface area contributed by atoms with Crippen LogP contribution in [-0.2, 0) is 9.47 Å². The Kier molecular flexibility index (Phi) is 4.69. The van der Waals surface area contributed by atoms with Crippen LogP contribution in [0.25, 0.3) is 0 Å². The second-order valence-electron chi connectivity index (χ2n) is 6.17. The summed E-state index contributed by atoms with van der Waals surface area (Å²) < 4.78 is 12.4. The number of carbonyl (C=O) groups is 1. The first-order valence-electron chi connectivity index (χ1n) is 8.08. The van der Waals surface area contributed by atoms with E-state index < -0.39 is 17.9 Å². The van der Waals surface area contributed by atoms with E-state index in [1.807, 2.05) is 37.3 Å². The van der Waals surface area contributed by atoms with Crippen LogP contribution in [0.3, 0.4) is 0 Å². The standard InChI is InChI=1S/C18H22N2O4/c1-13(14-7-4-3-5-8-14)20-12-19-11-15(20)16(21)24-18(9-6-10-18)17(22)23-2/h3-5,7-8,11-13,17,22H,6,9-10H2,1-2H3/t13-,17?/m1/s1. The molecule has 2 atom stereocenters. The van der Waals surface area contributed by atoms with Gasteiger partial charge in [-0.15, -0.1) is 0 Å². The molecule has 0 saturated heterocycles. The van der Waals surface area contributed by atoms with Crippen LogP contribution in [0.4, 0.5) is 0 Å². The van der Waals surface area contributed by atoms with Gasteiger partial charge in [0.2, 0.25) is 0 Å². The van der Waals surface area contributed by atoms with Crippen molar-refractivity contribution in [3.8, 4) is 0 Å². The lowest BCUT2D eigenvalue weighted by Crippen LogP contribution is -2.52. The molecule has 3 rings (SSSR count). The van der Waals surface area contributed by atoms with E-state index in [2.05, 4.69) is 4.98 Å². The van der Waals surface area contributed by atoms with Crippen molar-refractivity contribution >= 4 is 5.97 Å². The topological polar surface area (TPSA) is 73.6 Å². The van der Waals surface area contributed by atoms with Gasteiger partial charge in [-0.2, -0.15) is 0 Å². The largest absolute Gasteiger partial charge is 0.449 e. The predicted molar refractivity (Wildman–Crippen MR) is 87.5 cm³/mol. The molecule has 0 aliphatic heterocycles. The second-order valence-corrected chi connectivity index (χ2v) is 6.17. The minimum atomic E-state index is -1.11. The number of ether oxygens (including phenoxy) is 2. The molecule has 128 valence electrons. The summed E-state index contributed by atoms with van der Waals surface area (Å²) >= 11 is 0. The highest BCUT2D eigenvalue weighted by atomic mass is 16.6. The molecule has 1 saturated carbocycles. The van der Waals surface area contributed by atoms with Crippen molar-refractivity contribution in [1.29, 1.82) is 0 Å². The van der Waals surface area contributed by atoms with Crippen LogP contribution in [0.15, 0.2) is 42.9 Å². The maximum atomic E-state index is 12.6. The minimum absolute atomic E-state index is 0.0547. The highest BCUT2D eigenvalue weighted by molar-refractivity contribution is 5.87. The van der Waals surface area contributed by atoms with Gasteiger partial charge in [0.1, 0.15) is 5.69 Å². The number of esters is 1. The van der Waals surface area contributed by atoms with Crippen molar-refractivity contribution < 1.29 is 19.4 Å². The van der Waals surface area contributed by atoms with Crippen molar-refractivity contribution in [1.82, 2.24) is 9.55 Å². The Hall–Kier alpha value is -2.18. The van der Waals surface area contributed by atoms with E-state index in [1.54, 1.807) is 10.9 Å². The fraction of sp³-hybridized carbons (Fsp3) is 0.444. The first-order valence-corrected chi connectivity index (χ1v) is 8.08. The van der Waals surface area contributed by atoms with Crippen LogP contribution in [0.1, 0.15) is 48.3 Å². The number of benzene rings is 1. The third-order valence-corrected chi connectivity index (χ3v) is 4.74. The summed E-state index contributed by atoms with van der Waals surface area (Å²) in [6.45, 7) is 2.00. The molecule has 1 heterocycles. The second kappa shape index (κ2) is 6.75. The molecule has 0 bridgehead atoms. The van der Waals surface area contributed by atoms with E-state index in [0.29, 0.717) is 18.5 Å². The Labute approximate surface area is 141 Å². The van der Waals surface area contributed by atoms with E-state index >= 15 is 0 Å². The number of imidazole rings is 1. The van der Waals surface area contributed by atoms with E-state index in [4.69, 9.17) is 9.47 Å². The summed E-state index contributed by atoms with van der Waals surface area (Å²) in [5.74, 6) is -0.494. The number of hydrogen-bond donors (Lipinski definition) is 1. The van der Waals surface area contributed by atoms with Gasteiger partial charge < -0.3 is 19.1 Å². The Morgan fingerprint density at radius 3 is 2.62 bits per heavy atom. The van der Waals surface area contributed by atoms with E-state index in [9.17, 15) is 9.90 Å². The molecule has 24 heavy (non-hydrogen) atoms. The number of methoxy groups -OCH3 is 1. The van der Waals surface area contributed by atoms with Crippen molar-refractivity contribution in [2.45, 2.75) is 44.1 Å². The SMILES string of the molecule is COC(O)C1(OC(=O)c2cncn2[C@H](C)c2ccccc2)CCC1. The third kappa shape index (κ3) is 2.95. The van der Waals surface area contributed by atoms with E-state index in [-0.39, 0.29) is 6.04 Å². The lowest BCUT2D eigenvalue weighted by atomic mass is 9.79.